The summed E-state index contributed by atoms with van der Waals surface area (Å²) >= 11 is 2.92. The number of aromatic nitrogens is 3. The third-order valence-electron chi connectivity index (χ3n) is 2.33. The van der Waals surface area contributed by atoms with Crippen molar-refractivity contribution >= 4 is 33.9 Å². The molecule has 0 saturated heterocycles. The molecule has 0 radical (unpaired) electrons. The van der Waals surface area contributed by atoms with Gasteiger partial charge in [-0.1, -0.05) is 50.8 Å². The minimum atomic E-state index is -0.536. The maximum atomic E-state index is 11.6. The number of H-pyrrole nitrogens is 1. The van der Waals surface area contributed by atoms with E-state index in [0.717, 1.165) is 10.1 Å². The van der Waals surface area contributed by atoms with Crippen molar-refractivity contribution in [2.45, 2.75) is 37.4 Å². The van der Waals surface area contributed by atoms with E-state index in [0.29, 0.717) is 10.8 Å². The summed E-state index contributed by atoms with van der Waals surface area (Å²) in [5.74, 6) is 0.918. The molecule has 0 aliphatic rings. The molecule has 108 valence electrons. The van der Waals surface area contributed by atoms with Gasteiger partial charge in [-0.15, -0.1) is 20.4 Å². The van der Waals surface area contributed by atoms with Crippen molar-refractivity contribution in [3.63, 3.8) is 0 Å². The van der Waals surface area contributed by atoms with E-state index in [1.165, 1.54) is 11.3 Å². The summed E-state index contributed by atoms with van der Waals surface area (Å²) in [6, 6.07) is 0. The molecule has 0 spiro atoms. The molecule has 7 nitrogen and oxygen atoms in total. The Balaban J connectivity index is 2.27. The normalized spacial score (nSPS) is 12.4. The van der Waals surface area contributed by atoms with Gasteiger partial charge in [0, 0.05) is 5.41 Å². The molecule has 20 heavy (non-hydrogen) atoms. The van der Waals surface area contributed by atoms with E-state index in [-0.39, 0.29) is 11.1 Å². The predicted octanol–water partition coefficient (Wildman–Crippen LogP) is 3.64. The number of hydrogen-bond donors (Lipinski definition) is 1. The second kappa shape index (κ2) is 5.88. The van der Waals surface area contributed by atoms with Gasteiger partial charge in [0.2, 0.25) is 0 Å². The van der Waals surface area contributed by atoms with Crippen LogP contribution < -0.4 is 5.63 Å². The fourth-order valence-electron chi connectivity index (χ4n) is 1.41. The lowest BCUT2D eigenvalue weighted by Crippen LogP contribution is -2.12. The standard InChI is InChI=1S/C11H15N5O2S2/c1-5-19-10-15-14-9(20-10)13-12-6-7(11(2,3)4)16-18-8(6)17/h16H,5H2,1-4H3. The molecule has 0 saturated carbocycles. The Morgan fingerprint density at radius 1 is 1.35 bits per heavy atom. The van der Waals surface area contributed by atoms with Crippen LogP contribution in [0.5, 0.6) is 0 Å². The van der Waals surface area contributed by atoms with E-state index in [1.807, 2.05) is 27.7 Å². The van der Waals surface area contributed by atoms with Gasteiger partial charge in [0.15, 0.2) is 10.0 Å². The van der Waals surface area contributed by atoms with E-state index >= 15 is 0 Å². The predicted molar refractivity (Wildman–Crippen MR) is 78.5 cm³/mol. The van der Waals surface area contributed by atoms with Gasteiger partial charge in [-0.25, -0.2) is 9.95 Å². The zero-order valence-electron chi connectivity index (χ0n) is 11.6. The minimum absolute atomic E-state index is 0.178. The molecule has 0 fully saturated rings. The first-order valence-corrected chi connectivity index (χ1v) is 7.82. The molecule has 0 aliphatic carbocycles. The molecule has 0 amide bonds. The Bertz CT molecular complexity index is 665. The molecule has 2 rings (SSSR count). The van der Waals surface area contributed by atoms with Crippen molar-refractivity contribution in [3.05, 3.63) is 16.1 Å². The van der Waals surface area contributed by atoms with Gasteiger partial charge in [0.1, 0.15) is 0 Å². The topological polar surface area (TPSA) is 96.5 Å². The summed E-state index contributed by atoms with van der Waals surface area (Å²) in [5, 5.41) is 18.8. The van der Waals surface area contributed by atoms with Gasteiger partial charge < -0.3 is 4.52 Å². The van der Waals surface area contributed by atoms with Crippen molar-refractivity contribution < 1.29 is 4.52 Å². The van der Waals surface area contributed by atoms with Crippen LogP contribution in [0, 0.1) is 0 Å². The van der Waals surface area contributed by atoms with Crippen molar-refractivity contribution in [2.75, 3.05) is 5.75 Å². The Labute approximate surface area is 123 Å². The van der Waals surface area contributed by atoms with Gasteiger partial charge >= 0.3 is 5.63 Å². The van der Waals surface area contributed by atoms with Crippen LogP contribution in [-0.4, -0.2) is 21.1 Å². The summed E-state index contributed by atoms with van der Waals surface area (Å²) in [7, 11) is 0. The number of azo groups is 1. The van der Waals surface area contributed by atoms with Crippen molar-refractivity contribution in [1.29, 1.82) is 0 Å². The van der Waals surface area contributed by atoms with E-state index in [4.69, 9.17) is 4.52 Å². The summed E-state index contributed by atoms with van der Waals surface area (Å²) < 4.78 is 5.62. The zero-order chi connectivity index (χ0) is 14.8. The molecule has 2 aromatic rings. The number of aromatic amines is 1. The van der Waals surface area contributed by atoms with Gasteiger partial charge in [0.05, 0.1) is 5.69 Å². The largest absolute Gasteiger partial charge is 0.384 e. The number of nitrogens with zero attached hydrogens (tertiary/aromatic N) is 4. The Morgan fingerprint density at radius 3 is 2.75 bits per heavy atom. The zero-order valence-corrected chi connectivity index (χ0v) is 13.3. The quantitative estimate of drug-likeness (QED) is 0.686. The number of thioether (sulfide) groups is 1. The average molecular weight is 313 g/mol. The van der Waals surface area contributed by atoms with Crippen LogP contribution in [0.15, 0.2) is 23.9 Å². The molecule has 1 N–H and O–H groups in total. The first-order valence-electron chi connectivity index (χ1n) is 6.01. The highest BCUT2D eigenvalue weighted by atomic mass is 32.2. The monoisotopic (exact) mass is 313 g/mol. The van der Waals surface area contributed by atoms with Gasteiger partial charge in [0.25, 0.3) is 5.13 Å². The fraction of sp³-hybridized carbons (Fsp3) is 0.545. The summed E-state index contributed by atoms with van der Waals surface area (Å²) in [6.07, 6.45) is 0. The molecule has 0 aromatic carbocycles. The smallest absolute Gasteiger partial charge is 0.336 e. The van der Waals surface area contributed by atoms with E-state index in [1.54, 1.807) is 11.8 Å². The SMILES string of the molecule is CCSc1nnc(N=Nc2c(C(C)(C)C)[nH]oc2=O)s1. The Kier molecular flexibility index (Phi) is 4.39. The van der Waals surface area contributed by atoms with E-state index in [9.17, 15) is 4.79 Å². The second-order valence-corrected chi connectivity index (χ2v) is 7.42. The Morgan fingerprint density at radius 2 is 2.10 bits per heavy atom. The Hall–Kier alpha value is -1.48. The van der Waals surface area contributed by atoms with Gasteiger partial charge in [-0.2, -0.15) is 0 Å². The van der Waals surface area contributed by atoms with Crippen LogP contribution in [-0.2, 0) is 5.41 Å². The van der Waals surface area contributed by atoms with Crippen LogP contribution in [0.25, 0.3) is 0 Å². The second-order valence-electron chi connectivity index (χ2n) is 4.95. The van der Waals surface area contributed by atoms with Gasteiger partial charge in [-0.05, 0) is 5.75 Å². The summed E-state index contributed by atoms with van der Waals surface area (Å²) in [6.45, 7) is 7.89. The van der Waals surface area contributed by atoms with Crippen molar-refractivity contribution in [2.24, 2.45) is 10.2 Å². The molecular weight excluding hydrogens is 298 g/mol. The number of rotatable bonds is 4. The first kappa shape index (κ1) is 14.9. The molecule has 2 heterocycles. The lowest BCUT2D eigenvalue weighted by atomic mass is 9.91. The molecule has 0 bridgehead atoms. The van der Waals surface area contributed by atoms with E-state index < -0.39 is 5.63 Å². The van der Waals surface area contributed by atoms with Crippen LogP contribution in [0.4, 0.5) is 10.8 Å². The molecule has 9 heteroatoms. The molecular formula is C11H15N5O2S2. The lowest BCUT2D eigenvalue weighted by Gasteiger charge is -2.14. The molecule has 0 atom stereocenters. The van der Waals surface area contributed by atoms with Crippen LogP contribution in [0.2, 0.25) is 0 Å². The first-order chi connectivity index (χ1) is 9.41. The van der Waals surface area contributed by atoms with Crippen molar-refractivity contribution in [1.82, 2.24) is 15.4 Å². The molecule has 2 aromatic heterocycles. The number of nitrogens with one attached hydrogen (secondary N) is 1. The van der Waals surface area contributed by atoms with E-state index in [2.05, 4.69) is 25.6 Å². The maximum absolute atomic E-state index is 11.6. The van der Waals surface area contributed by atoms with Crippen molar-refractivity contribution in [3.8, 4) is 0 Å². The fourth-order valence-corrected chi connectivity index (χ4v) is 2.97. The number of hydrogen-bond acceptors (Lipinski definition) is 8. The summed E-state index contributed by atoms with van der Waals surface area (Å²) in [5.41, 5.74) is -0.0344. The third kappa shape index (κ3) is 3.34. The van der Waals surface area contributed by atoms with Crippen LogP contribution in [0.1, 0.15) is 33.4 Å². The molecule has 0 unspecified atom stereocenters. The molecule has 0 aliphatic heterocycles. The minimum Gasteiger partial charge on any atom is -0.336 e. The maximum Gasteiger partial charge on any atom is 0.384 e. The van der Waals surface area contributed by atoms with Crippen LogP contribution in [0.3, 0.4) is 0 Å². The highest BCUT2D eigenvalue weighted by Gasteiger charge is 2.24. The van der Waals surface area contributed by atoms with Crippen LogP contribution >= 0.6 is 23.1 Å². The highest BCUT2D eigenvalue weighted by Crippen LogP contribution is 2.30. The highest BCUT2D eigenvalue weighted by molar-refractivity contribution is 8.01. The summed E-state index contributed by atoms with van der Waals surface area (Å²) in [4.78, 5) is 11.6. The average Bonchev–Trinajstić information content (AvgIpc) is 2.93. The third-order valence-corrected chi connectivity index (χ3v) is 4.15. The van der Waals surface area contributed by atoms with Gasteiger partial charge in [-0.3, -0.25) is 0 Å². The lowest BCUT2D eigenvalue weighted by molar-refractivity contribution is 0.370.